The third-order valence-electron chi connectivity index (χ3n) is 2.28. The average Bonchev–Trinajstić information content (AvgIpc) is 2.36. The molecular formula is C11H15F3N4O. The normalized spacial score (nSPS) is 11.2. The van der Waals surface area contributed by atoms with Crippen LogP contribution >= 0.6 is 0 Å². The van der Waals surface area contributed by atoms with Crippen molar-refractivity contribution in [3.63, 3.8) is 0 Å². The fraction of sp³-hybridized carbons (Fsp3) is 0.545. The molecule has 106 valence electrons. The van der Waals surface area contributed by atoms with Crippen LogP contribution in [0.25, 0.3) is 0 Å². The van der Waals surface area contributed by atoms with E-state index in [1.807, 2.05) is 0 Å². The van der Waals surface area contributed by atoms with Crippen molar-refractivity contribution in [2.24, 2.45) is 0 Å². The lowest BCUT2D eigenvalue weighted by Crippen LogP contribution is -2.39. The maximum Gasteiger partial charge on any atom is 0.406 e. The molecule has 19 heavy (non-hydrogen) atoms. The molecule has 1 amide bonds. The predicted molar refractivity (Wildman–Crippen MR) is 63.8 cm³/mol. The van der Waals surface area contributed by atoms with E-state index in [1.54, 1.807) is 14.0 Å². The standard InChI is InChI=1S/C11H15F3N4O/c1-3-4-18(7-11(12,13)14)10(19)8-5-17-9(15-2)6-16-8/h5-6H,3-4,7H2,1-2H3,(H,15,17). The molecule has 1 aromatic rings. The summed E-state index contributed by atoms with van der Waals surface area (Å²) in [7, 11) is 1.62. The van der Waals surface area contributed by atoms with Gasteiger partial charge in [0, 0.05) is 13.6 Å². The third-order valence-corrected chi connectivity index (χ3v) is 2.28. The summed E-state index contributed by atoms with van der Waals surface area (Å²) in [5.41, 5.74) is -0.100. The van der Waals surface area contributed by atoms with E-state index in [9.17, 15) is 18.0 Å². The van der Waals surface area contributed by atoms with Gasteiger partial charge in [-0.1, -0.05) is 6.92 Å². The lowest BCUT2D eigenvalue weighted by atomic mass is 10.3. The van der Waals surface area contributed by atoms with Crippen LogP contribution in [-0.4, -0.2) is 47.1 Å². The van der Waals surface area contributed by atoms with Crippen LogP contribution in [0.2, 0.25) is 0 Å². The van der Waals surface area contributed by atoms with Gasteiger partial charge in [0.15, 0.2) is 0 Å². The number of carbonyl (C=O) groups is 1. The number of nitrogens with one attached hydrogen (secondary N) is 1. The molecular weight excluding hydrogens is 261 g/mol. The van der Waals surface area contributed by atoms with Crippen molar-refractivity contribution in [1.29, 1.82) is 0 Å². The van der Waals surface area contributed by atoms with Crippen LogP contribution in [0.5, 0.6) is 0 Å². The summed E-state index contributed by atoms with van der Waals surface area (Å²) in [5.74, 6) is -0.330. The number of halogens is 3. The van der Waals surface area contributed by atoms with Gasteiger partial charge < -0.3 is 10.2 Å². The highest BCUT2D eigenvalue weighted by atomic mass is 19.4. The number of amides is 1. The fourth-order valence-corrected chi connectivity index (χ4v) is 1.47. The van der Waals surface area contributed by atoms with Crippen molar-refractivity contribution in [3.05, 3.63) is 18.1 Å². The van der Waals surface area contributed by atoms with Gasteiger partial charge >= 0.3 is 6.18 Å². The predicted octanol–water partition coefficient (Wildman–Crippen LogP) is 1.93. The van der Waals surface area contributed by atoms with E-state index in [4.69, 9.17) is 0 Å². The average molecular weight is 276 g/mol. The van der Waals surface area contributed by atoms with Gasteiger partial charge in [-0.3, -0.25) is 4.79 Å². The molecule has 8 heteroatoms. The van der Waals surface area contributed by atoms with Crippen LogP contribution < -0.4 is 5.32 Å². The van der Waals surface area contributed by atoms with Crippen LogP contribution in [0.1, 0.15) is 23.8 Å². The molecule has 1 rings (SSSR count). The van der Waals surface area contributed by atoms with E-state index in [0.717, 1.165) is 11.1 Å². The zero-order valence-electron chi connectivity index (χ0n) is 10.7. The molecule has 1 N–H and O–H groups in total. The summed E-state index contributed by atoms with van der Waals surface area (Å²) >= 11 is 0. The smallest absolute Gasteiger partial charge is 0.372 e. The number of nitrogens with zero attached hydrogens (tertiary/aromatic N) is 3. The quantitative estimate of drug-likeness (QED) is 0.892. The van der Waals surface area contributed by atoms with Gasteiger partial charge in [-0.2, -0.15) is 13.2 Å². The minimum atomic E-state index is -4.43. The second kappa shape index (κ2) is 6.35. The molecule has 0 aromatic carbocycles. The topological polar surface area (TPSA) is 58.1 Å². The zero-order valence-corrected chi connectivity index (χ0v) is 10.7. The van der Waals surface area contributed by atoms with E-state index in [2.05, 4.69) is 15.3 Å². The molecule has 5 nitrogen and oxygen atoms in total. The lowest BCUT2D eigenvalue weighted by Gasteiger charge is -2.22. The van der Waals surface area contributed by atoms with Crippen LogP contribution in [0, 0.1) is 0 Å². The summed E-state index contributed by atoms with van der Waals surface area (Å²) < 4.78 is 37.2. The number of rotatable bonds is 5. The van der Waals surface area contributed by atoms with Crippen molar-refractivity contribution >= 4 is 11.7 Å². The number of carbonyl (C=O) groups excluding carboxylic acids is 1. The molecule has 0 saturated heterocycles. The van der Waals surface area contributed by atoms with Crippen molar-refractivity contribution in [2.75, 3.05) is 25.5 Å². The molecule has 0 aliphatic rings. The summed E-state index contributed by atoms with van der Waals surface area (Å²) in [6.07, 6.45) is -1.54. The molecule has 0 radical (unpaired) electrons. The molecule has 0 unspecified atom stereocenters. The van der Waals surface area contributed by atoms with Gasteiger partial charge in [-0.25, -0.2) is 9.97 Å². The molecule has 0 bridgehead atoms. The van der Waals surface area contributed by atoms with Gasteiger partial charge in [0.2, 0.25) is 0 Å². The zero-order chi connectivity index (χ0) is 14.5. The maximum atomic E-state index is 12.4. The number of alkyl halides is 3. The molecule has 0 aliphatic carbocycles. The Morgan fingerprint density at radius 1 is 1.37 bits per heavy atom. The monoisotopic (exact) mass is 276 g/mol. The Kier molecular flexibility index (Phi) is 5.08. The molecule has 0 fully saturated rings. The van der Waals surface area contributed by atoms with E-state index in [1.165, 1.54) is 6.20 Å². The Morgan fingerprint density at radius 3 is 2.47 bits per heavy atom. The van der Waals surface area contributed by atoms with Gasteiger partial charge in [-0.15, -0.1) is 0 Å². The van der Waals surface area contributed by atoms with E-state index in [-0.39, 0.29) is 12.2 Å². The van der Waals surface area contributed by atoms with Crippen LogP contribution in [0.3, 0.4) is 0 Å². The minimum Gasteiger partial charge on any atom is -0.372 e. The molecule has 0 aliphatic heterocycles. The van der Waals surface area contributed by atoms with E-state index < -0.39 is 18.6 Å². The second-order valence-electron chi connectivity index (χ2n) is 3.88. The first-order chi connectivity index (χ1) is 8.87. The minimum absolute atomic E-state index is 0.0216. The van der Waals surface area contributed by atoms with Crippen molar-refractivity contribution in [1.82, 2.24) is 14.9 Å². The summed E-state index contributed by atoms with van der Waals surface area (Å²) in [6, 6.07) is 0. The Bertz CT molecular complexity index is 419. The maximum absolute atomic E-state index is 12.4. The van der Waals surface area contributed by atoms with E-state index in [0.29, 0.717) is 12.2 Å². The Balaban J connectivity index is 2.85. The molecule has 1 heterocycles. The lowest BCUT2D eigenvalue weighted by molar-refractivity contribution is -0.140. The van der Waals surface area contributed by atoms with Crippen LogP contribution in [-0.2, 0) is 0 Å². The number of aromatic nitrogens is 2. The Labute approximate surface area is 108 Å². The first-order valence-corrected chi connectivity index (χ1v) is 5.73. The summed E-state index contributed by atoms with van der Waals surface area (Å²) in [4.78, 5) is 20.3. The number of hydrogen-bond donors (Lipinski definition) is 1. The Morgan fingerprint density at radius 2 is 2.05 bits per heavy atom. The summed E-state index contributed by atoms with van der Waals surface area (Å²) in [5, 5.41) is 2.71. The van der Waals surface area contributed by atoms with Crippen LogP contribution in [0.15, 0.2) is 12.4 Å². The van der Waals surface area contributed by atoms with Gasteiger partial charge in [-0.05, 0) is 6.42 Å². The van der Waals surface area contributed by atoms with Gasteiger partial charge in [0.1, 0.15) is 18.1 Å². The highest BCUT2D eigenvalue weighted by molar-refractivity contribution is 5.92. The molecule has 0 saturated carbocycles. The van der Waals surface area contributed by atoms with Gasteiger partial charge in [0.05, 0.1) is 12.4 Å². The first-order valence-electron chi connectivity index (χ1n) is 5.73. The third kappa shape index (κ3) is 4.72. The highest BCUT2D eigenvalue weighted by Crippen LogP contribution is 2.18. The SMILES string of the molecule is CCCN(CC(F)(F)F)C(=O)c1cnc(NC)cn1. The Hall–Kier alpha value is -1.86. The highest BCUT2D eigenvalue weighted by Gasteiger charge is 2.33. The molecule has 0 atom stereocenters. The first kappa shape index (κ1) is 15.2. The van der Waals surface area contributed by atoms with E-state index >= 15 is 0 Å². The van der Waals surface area contributed by atoms with Crippen molar-refractivity contribution < 1.29 is 18.0 Å². The van der Waals surface area contributed by atoms with Crippen LogP contribution in [0.4, 0.5) is 19.0 Å². The number of hydrogen-bond acceptors (Lipinski definition) is 4. The largest absolute Gasteiger partial charge is 0.406 e. The number of anilines is 1. The van der Waals surface area contributed by atoms with Gasteiger partial charge in [0.25, 0.3) is 5.91 Å². The fourth-order valence-electron chi connectivity index (χ4n) is 1.47. The van der Waals surface area contributed by atoms with Crippen molar-refractivity contribution in [3.8, 4) is 0 Å². The molecule has 1 aromatic heterocycles. The second-order valence-corrected chi connectivity index (χ2v) is 3.88. The summed E-state index contributed by atoms with van der Waals surface area (Å²) in [6.45, 7) is 0.440. The molecule has 0 spiro atoms. The van der Waals surface area contributed by atoms with Crippen molar-refractivity contribution in [2.45, 2.75) is 19.5 Å².